The average molecular weight is 196 g/mol. The Hall–Kier alpha value is -0.300. The highest BCUT2D eigenvalue weighted by molar-refractivity contribution is 4.91. The van der Waals surface area contributed by atoms with Crippen molar-refractivity contribution in [1.29, 1.82) is 0 Å². The minimum atomic E-state index is -0.103. The molecule has 82 valence electrons. The summed E-state index contributed by atoms with van der Waals surface area (Å²) >= 11 is 0. The van der Waals surface area contributed by atoms with E-state index in [0.717, 1.165) is 12.8 Å². The van der Waals surface area contributed by atoms with Gasteiger partial charge in [0.2, 0.25) is 0 Å². The minimum absolute atomic E-state index is 0.103. The smallest absolute Gasteiger partial charge is 0.0576 e. The fraction of sp³-hybridized carbons (Fsp3) is 0.846. The minimum Gasteiger partial charge on any atom is -0.393 e. The maximum atomic E-state index is 10.1. The predicted molar refractivity (Wildman–Crippen MR) is 61.1 cm³/mol. The van der Waals surface area contributed by atoms with Crippen LogP contribution in [0.4, 0.5) is 0 Å². The van der Waals surface area contributed by atoms with Crippen molar-refractivity contribution < 1.29 is 5.11 Å². The van der Waals surface area contributed by atoms with Gasteiger partial charge >= 0.3 is 0 Å². The van der Waals surface area contributed by atoms with E-state index in [9.17, 15) is 5.11 Å². The van der Waals surface area contributed by atoms with Crippen molar-refractivity contribution in [2.45, 2.75) is 52.6 Å². The van der Waals surface area contributed by atoms with Crippen LogP contribution < -0.4 is 0 Å². The zero-order valence-electron chi connectivity index (χ0n) is 9.79. The van der Waals surface area contributed by atoms with Crippen molar-refractivity contribution in [2.75, 3.05) is 0 Å². The third-order valence-electron chi connectivity index (χ3n) is 3.75. The van der Waals surface area contributed by atoms with Gasteiger partial charge in [-0.05, 0) is 36.5 Å². The first-order valence-electron chi connectivity index (χ1n) is 5.76. The zero-order valence-corrected chi connectivity index (χ0v) is 9.79. The van der Waals surface area contributed by atoms with E-state index in [-0.39, 0.29) is 11.5 Å². The molecule has 14 heavy (non-hydrogen) atoms. The van der Waals surface area contributed by atoms with Crippen LogP contribution in [-0.4, -0.2) is 11.2 Å². The molecular formula is C13H24O. The van der Waals surface area contributed by atoms with Crippen LogP contribution in [0.25, 0.3) is 0 Å². The van der Waals surface area contributed by atoms with Gasteiger partial charge < -0.3 is 5.11 Å². The van der Waals surface area contributed by atoms with Crippen LogP contribution in [0.5, 0.6) is 0 Å². The van der Waals surface area contributed by atoms with Gasteiger partial charge in [0.1, 0.15) is 0 Å². The van der Waals surface area contributed by atoms with Crippen molar-refractivity contribution in [2.24, 2.45) is 17.3 Å². The Morgan fingerprint density at radius 1 is 1.43 bits per heavy atom. The summed E-state index contributed by atoms with van der Waals surface area (Å²) in [5.41, 5.74) is 0.210. The lowest BCUT2D eigenvalue weighted by Crippen LogP contribution is -2.38. The van der Waals surface area contributed by atoms with Crippen LogP contribution >= 0.6 is 0 Å². The second-order valence-electron chi connectivity index (χ2n) is 5.57. The Morgan fingerprint density at radius 3 is 2.57 bits per heavy atom. The summed E-state index contributed by atoms with van der Waals surface area (Å²) in [5.74, 6) is 1.15. The summed E-state index contributed by atoms with van der Waals surface area (Å²) < 4.78 is 0. The number of allylic oxidation sites excluding steroid dienone is 1. The lowest BCUT2D eigenvalue weighted by atomic mass is 9.66. The van der Waals surface area contributed by atoms with Gasteiger partial charge in [-0.1, -0.05) is 33.3 Å². The van der Waals surface area contributed by atoms with E-state index in [1.807, 2.05) is 6.08 Å². The third kappa shape index (κ3) is 2.60. The molecule has 1 aliphatic carbocycles. The monoisotopic (exact) mass is 196 g/mol. The van der Waals surface area contributed by atoms with E-state index in [2.05, 4.69) is 27.4 Å². The Labute approximate surface area is 88.2 Å². The maximum absolute atomic E-state index is 10.1. The third-order valence-corrected chi connectivity index (χ3v) is 3.75. The zero-order chi connectivity index (χ0) is 10.8. The Balaban J connectivity index is 2.62. The number of hydrogen-bond acceptors (Lipinski definition) is 1. The average Bonchev–Trinajstić information content (AvgIpc) is 2.02. The molecular weight excluding hydrogens is 172 g/mol. The van der Waals surface area contributed by atoms with Crippen molar-refractivity contribution in [3.63, 3.8) is 0 Å². The topological polar surface area (TPSA) is 20.2 Å². The first kappa shape index (κ1) is 11.8. The molecule has 1 nitrogen and oxygen atoms in total. The molecule has 0 bridgehead atoms. The van der Waals surface area contributed by atoms with E-state index >= 15 is 0 Å². The Morgan fingerprint density at radius 2 is 2.07 bits per heavy atom. The molecule has 1 N–H and O–H groups in total. The summed E-state index contributed by atoms with van der Waals surface area (Å²) in [7, 11) is 0. The number of hydrogen-bond donors (Lipinski definition) is 1. The molecule has 1 rings (SSSR count). The van der Waals surface area contributed by atoms with Crippen LogP contribution in [0.1, 0.15) is 46.5 Å². The Bertz CT molecular complexity index is 195. The molecule has 0 spiro atoms. The normalized spacial score (nSPS) is 34.1. The molecule has 0 amide bonds. The first-order chi connectivity index (χ1) is 6.47. The fourth-order valence-corrected chi connectivity index (χ4v) is 2.79. The molecule has 0 aromatic carbocycles. The maximum Gasteiger partial charge on any atom is 0.0576 e. The SMILES string of the molecule is C=CCC(C)(C)C1CCC(C)CC1O. The van der Waals surface area contributed by atoms with E-state index in [4.69, 9.17) is 0 Å². The molecule has 0 aromatic rings. The van der Waals surface area contributed by atoms with Crippen molar-refractivity contribution in [3.8, 4) is 0 Å². The molecule has 3 unspecified atom stereocenters. The fourth-order valence-electron chi connectivity index (χ4n) is 2.79. The highest BCUT2D eigenvalue weighted by atomic mass is 16.3. The summed E-state index contributed by atoms with van der Waals surface area (Å²) in [6, 6.07) is 0. The number of rotatable bonds is 3. The molecule has 1 heteroatoms. The van der Waals surface area contributed by atoms with Gasteiger partial charge in [-0.2, -0.15) is 0 Å². The predicted octanol–water partition coefficient (Wildman–Crippen LogP) is 3.39. The number of aliphatic hydroxyl groups excluding tert-OH is 1. The van der Waals surface area contributed by atoms with Crippen LogP contribution in [0.2, 0.25) is 0 Å². The van der Waals surface area contributed by atoms with Gasteiger partial charge in [0, 0.05) is 0 Å². The van der Waals surface area contributed by atoms with E-state index in [1.165, 1.54) is 12.8 Å². The summed E-state index contributed by atoms with van der Waals surface area (Å²) in [5, 5.41) is 10.1. The number of aliphatic hydroxyl groups is 1. The van der Waals surface area contributed by atoms with E-state index in [0.29, 0.717) is 11.8 Å². The molecule has 0 saturated heterocycles. The highest BCUT2D eigenvalue weighted by Gasteiger charge is 2.37. The van der Waals surface area contributed by atoms with Gasteiger partial charge in [0.15, 0.2) is 0 Å². The van der Waals surface area contributed by atoms with Crippen LogP contribution in [-0.2, 0) is 0 Å². The molecule has 0 aliphatic heterocycles. The van der Waals surface area contributed by atoms with Crippen molar-refractivity contribution in [3.05, 3.63) is 12.7 Å². The Kier molecular flexibility index (Phi) is 3.77. The largest absolute Gasteiger partial charge is 0.393 e. The summed E-state index contributed by atoms with van der Waals surface area (Å²) in [6.45, 7) is 10.5. The van der Waals surface area contributed by atoms with Crippen molar-refractivity contribution in [1.82, 2.24) is 0 Å². The van der Waals surface area contributed by atoms with Gasteiger partial charge in [-0.15, -0.1) is 6.58 Å². The molecule has 0 aromatic heterocycles. The molecule has 1 aliphatic rings. The second kappa shape index (κ2) is 4.48. The molecule has 1 fully saturated rings. The first-order valence-corrected chi connectivity index (χ1v) is 5.76. The molecule has 0 radical (unpaired) electrons. The lowest BCUT2D eigenvalue weighted by Gasteiger charge is -2.41. The van der Waals surface area contributed by atoms with E-state index in [1.54, 1.807) is 0 Å². The summed E-state index contributed by atoms with van der Waals surface area (Å²) in [4.78, 5) is 0. The van der Waals surface area contributed by atoms with Gasteiger partial charge in [0.25, 0.3) is 0 Å². The lowest BCUT2D eigenvalue weighted by molar-refractivity contribution is -0.0115. The second-order valence-corrected chi connectivity index (χ2v) is 5.57. The quantitative estimate of drug-likeness (QED) is 0.686. The van der Waals surface area contributed by atoms with Gasteiger partial charge in [-0.3, -0.25) is 0 Å². The van der Waals surface area contributed by atoms with Gasteiger partial charge in [0.05, 0.1) is 6.10 Å². The standard InChI is InChI=1S/C13H24O/c1-5-8-13(3,4)11-7-6-10(2)9-12(11)14/h5,10-12,14H,1,6-9H2,2-4H3. The van der Waals surface area contributed by atoms with Gasteiger partial charge in [-0.25, -0.2) is 0 Å². The van der Waals surface area contributed by atoms with Crippen LogP contribution in [0.3, 0.4) is 0 Å². The highest BCUT2D eigenvalue weighted by Crippen LogP contribution is 2.42. The molecule has 1 saturated carbocycles. The van der Waals surface area contributed by atoms with Crippen LogP contribution in [0, 0.1) is 17.3 Å². The van der Waals surface area contributed by atoms with Crippen LogP contribution in [0.15, 0.2) is 12.7 Å². The van der Waals surface area contributed by atoms with E-state index < -0.39 is 0 Å². The summed E-state index contributed by atoms with van der Waals surface area (Å²) in [6.07, 6.45) is 6.29. The molecule has 0 heterocycles. The van der Waals surface area contributed by atoms with Crippen molar-refractivity contribution >= 4 is 0 Å². The molecule has 3 atom stereocenters.